The molecular formula is C4H9F2NO3S. The summed E-state index contributed by atoms with van der Waals surface area (Å²) in [6.07, 6.45) is -0.969. The van der Waals surface area contributed by atoms with Crippen molar-refractivity contribution in [3.8, 4) is 0 Å². The molecule has 0 fully saturated rings. The Balaban J connectivity index is 3.95. The highest BCUT2D eigenvalue weighted by Crippen LogP contribution is 2.00. The summed E-state index contributed by atoms with van der Waals surface area (Å²) in [6, 6.07) is 0. The molecule has 2 N–H and O–H groups in total. The van der Waals surface area contributed by atoms with E-state index in [0.717, 1.165) is 0 Å². The van der Waals surface area contributed by atoms with Crippen LogP contribution in [0.4, 0.5) is 8.78 Å². The zero-order valence-electron chi connectivity index (χ0n) is 5.79. The molecule has 0 aliphatic rings. The van der Waals surface area contributed by atoms with Crippen molar-refractivity contribution in [3.05, 3.63) is 0 Å². The van der Waals surface area contributed by atoms with Crippen molar-refractivity contribution in [2.45, 2.75) is 18.8 Å². The summed E-state index contributed by atoms with van der Waals surface area (Å²) >= 11 is 0. The van der Waals surface area contributed by atoms with Crippen molar-refractivity contribution in [3.63, 3.8) is 0 Å². The Hall–Kier alpha value is -0.270. The molecule has 11 heavy (non-hydrogen) atoms. The highest BCUT2D eigenvalue weighted by molar-refractivity contribution is 7.89. The fraction of sp³-hybridized carbons (Fsp3) is 1.00. The molecule has 0 unspecified atom stereocenters. The average Bonchev–Trinajstić information content (AvgIpc) is 1.84. The minimum atomic E-state index is -4.54. The van der Waals surface area contributed by atoms with E-state index in [1.807, 2.05) is 0 Å². The Morgan fingerprint density at radius 2 is 2.00 bits per heavy atom. The quantitative estimate of drug-likeness (QED) is 0.627. The van der Waals surface area contributed by atoms with Crippen molar-refractivity contribution in [2.24, 2.45) is 0 Å². The van der Waals surface area contributed by atoms with Gasteiger partial charge < -0.3 is 5.11 Å². The molecule has 7 heteroatoms. The minimum Gasteiger partial charge on any atom is -0.392 e. The predicted octanol–water partition coefficient (Wildman–Crippen LogP) is -0.491. The lowest BCUT2D eigenvalue weighted by molar-refractivity contribution is 0.194. The minimum absolute atomic E-state index is 0.396. The van der Waals surface area contributed by atoms with E-state index in [1.165, 1.54) is 11.6 Å². The van der Waals surface area contributed by atoms with Crippen molar-refractivity contribution in [1.82, 2.24) is 4.72 Å². The smallest absolute Gasteiger partial charge is 0.350 e. The molecule has 0 bridgehead atoms. The molecule has 0 spiro atoms. The monoisotopic (exact) mass is 189 g/mol. The zero-order chi connectivity index (χ0) is 9.07. The Morgan fingerprint density at radius 3 is 2.27 bits per heavy atom. The summed E-state index contributed by atoms with van der Waals surface area (Å²) in [5, 5.41) is 8.53. The number of nitrogens with one attached hydrogen (secondary N) is 1. The van der Waals surface area contributed by atoms with Crippen LogP contribution in [0.1, 0.15) is 6.92 Å². The predicted molar refractivity (Wildman–Crippen MR) is 34.6 cm³/mol. The summed E-state index contributed by atoms with van der Waals surface area (Å²) in [6.45, 7) is 0.890. The number of sulfonamides is 1. The first kappa shape index (κ1) is 10.7. The number of halogens is 2. The molecular weight excluding hydrogens is 180 g/mol. The molecule has 68 valence electrons. The van der Waals surface area contributed by atoms with E-state index in [4.69, 9.17) is 5.11 Å². The second-order valence-corrected chi connectivity index (χ2v) is 3.74. The molecule has 0 aromatic heterocycles. The number of aliphatic hydroxyl groups excluding tert-OH is 1. The third-order valence-corrected chi connectivity index (χ3v) is 1.85. The first-order chi connectivity index (χ1) is 4.86. The van der Waals surface area contributed by atoms with Gasteiger partial charge >= 0.3 is 5.76 Å². The Morgan fingerprint density at radius 1 is 1.55 bits per heavy atom. The maximum atomic E-state index is 11.5. The van der Waals surface area contributed by atoms with E-state index in [-0.39, 0.29) is 0 Å². The average molecular weight is 189 g/mol. The number of hydrogen-bond acceptors (Lipinski definition) is 3. The lowest BCUT2D eigenvalue weighted by Crippen LogP contribution is -2.34. The lowest BCUT2D eigenvalue weighted by Gasteiger charge is -2.06. The van der Waals surface area contributed by atoms with E-state index >= 15 is 0 Å². The molecule has 0 aliphatic heterocycles. The molecule has 0 aromatic rings. The summed E-state index contributed by atoms with van der Waals surface area (Å²) in [7, 11) is -4.54. The fourth-order valence-electron chi connectivity index (χ4n) is 0.300. The number of hydrogen-bond donors (Lipinski definition) is 2. The Kier molecular flexibility index (Phi) is 3.84. The molecule has 0 amide bonds. The summed E-state index contributed by atoms with van der Waals surface area (Å²) in [5.41, 5.74) is 0. The normalized spacial score (nSPS) is 15.4. The van der Waals surface area contributed by atoms with Crippen molar-refractivity contribution >= 4 is 10.0 Å². The zero-order valence-corrected chi connectivity index (χ0v) is 6.61. The molecule has 0 saturated carbocycles. The van der Waals surface area contributed by atoms with Crippen LogP contribution in [0.15, 0.2) is 0 Å². The van der Waals surface area contributed by atoms with Gasteiger partial charge in [0.1, 0.15) is 0 Å². The third kappa shape index (κ3) is 4.23. The number of aliphatic hydroxyl groups is 1. The lowest BCUT2D eigenvalue weighted by atomic mass is 10.4. The van der Waals surface area contributed by atoms with Crippen LogP contribution >= 0.6 is 0 Å². The summed E-state index contributed by atoms with van der Waals surface area (Å²) in [5.74, 6) is -3.44. The van der Waals surface area contributed by atoms with Crippen LogP contribution in [0.5, 0.6) is 0 Å². The van der Waals surface area contributed by atoms with Gasteiger partial charge in [0.05, 0.1) is 6.10 Å². The standard InChI is InChI=1S/C4H9F2NO3S/c1-3(8)2-7-11(9,10)4(5)6/h3-4,7-8H,2H2,1H3/t3-/m0/s1. The fourth-order valence-corrected chi connectivity index (χ4v) is 0.899. The highest BCUT2D eigenvalue weighted by atomic mass is 32.2. The Labute approximate surface area is 63.3 Å². The van der Waals surface area contributed by atoms with Crippen LogP contribution in [-0.4, -0.2) is 31.9 Å². The molecule has 1 atom stereocenters. The number of alkyl halides is 2. The van der Waals surface area contributed by atoms with Gasteiger partial charge in [0.15, 0.2) is 0 Å². The topological polar surface area (TPSA) is 66.4 Å². The van der Waals surface area contributed by atoms with Crippen molar-refractivity contribution < 1.29 is 22.3 Å². The van der Waals surface area contributed by atoms with E-state index in [1.54, 1.807) is 0 Å². The second-order valence-electron chi connectivity index (χ2n) is 2.00. The van der Waals surface area contributed by atoms with Crippen LogP contribution in [-0.2, 0) is 10.0 Å². The molecule has 0 rings (SSSR count). The molecule has 0 radical (unpaired) electrons. The molecule has 0 heterocycles. The van der Waals surface area contributed by atoms with Crippen LogP contribution in [0.3, 0.4) is 0 Å². The van der Waals surface area contributed by atoms with Gasteiger partial charge in [-0.2, -0.15) is 8.78 Å². The molecule has 0 saturated heterocycles. The van der Waals surface area contributed by atoms with Crippen LogP contribution in [0.25, 0.3) is 0 Å². The molecule has 0 aliphatic carbocycles. The maximum Gasteiger partial charge on any atom is 0.350 e. The first-order valence-corrected chi connectivity index (χ1v) is 4.35. The van der Waals surface area contributed by atoms with E-state index in [2.05, 4.69) is 0 Å². The van der Waals surface area contributed by atoms with E-state index in [9.17, 15) is 17.2 Å². The summed E-state index contributed by atoms with van der Waals surface area (Å²) < 4.78 is 45.1. The van der Waals surface area contributed by atoms with Gasteiger partial charge in [0, 0.05) is 6.54 Å². The molecule has 0 aromatic carbocycles. The third-order valence-electron chi connectivity index (χ3n) is 0.814. The van der Waals surface area contributed by atoms with Gasteiger partial charge in [-0.1, -0.05) is 0 Å². The van der Waals surface area contributed by atoms with Crippen LogP contribution in [0, 0.1) is 0 Å². The van der Waals surface area contributed by atoms with Crippen LogP contribution < -0.4 is 4.72 Å². The summed E-state index contributed by atoms with van der Waals surface area (Å²) in [4.78, 5) is 0. The Bertz CT molecular complexity index is 201. The van der Waals surface area contributed by atoms with Crippen molar-refractivity contribution in [2.75, 3.05) is 6.54 Å². The van der Waals surface area contributed by atoms with Gasteiger partial charge in [0.25, 0.3) is 10.0 Å². The van der Waals surface area contributed by atoms with E-state index in [0.29, 0.717) is 0 Å². The van der Waals surface area contributed by atoms with E-state index < -0.39 is 28.4 Å². The first-order valence-electron chi connectivity index (χ1n) is 2.81. The van der Waals surface area contributed by atoms with Gasteiger partial charge in [0.2, 0.25) is 0 Å². The van der Waals surface area contributed by atoms with Crippen molar-refractivity contribution in [1.29, 1.82) is 0 Å². The van der Waals surface area contributed by atoms with Gasteiger partial charge in [-0.05, 0) is 6.92 Å². The maximum absolute atomic E-state index is 11.5. The van der Waals surface area contributed by atoms with Gasteiger partial charge in [-0.25, -0.2) is 13.1 Å². The second kappa shape index (κ2) is 3.93. The number of rotatable bonds is 4. The van der Waals surface area contributed by atoms with Gasteiger partial charge in [-0.15, -0.1) is 0 Å². The highest BCUT2D eigenvalue weighted by Gasteiger charge is 2.23. The molecule has 4 nitrogen and oxygen atoms in total. The SMILES string of the molecule is C[C@H](O)CNS(=O)(=O)C(F)F. The van der Waals surface area contributed by atoms with Gasteiger partial charge in [-0.3, -0.25) is 0 Å². The largest absolute Gasteiger partial charge is 0.392 e. The van der Waals surface area contributed by atoms with Crippen LogP contribution in [0.2, 0.25) is 0 Å².